The minimum absolute atomic E-state index is 0.421. The van der Waals surface area contributed by atoms with Gasteiger partial charge in [-0.3, -0.25) is 4.79 Å². The molecule has 0 saturated heterocycles. The van der Waals surface area contributed by atoms with Gasteiger partial charge in [-0.1, -0.05) is 11.6 Å². The fourth-order valence-electron chi connectivity index (χ4n) is 1.73. The SMILES string of the molecule is COc1cc(Cl)c(C)c(C(C)C(=O)O)c1OC. The molecule has 0 aliphatic rings. The number of ether oxygens (including phenoxy) is 2. The van der Waals surface area contributed by atoms with Crippen LogP contribution in [0.15, 0.2) is 6.07 Å². The van der Waals surface area contributed by atoms with Gasteiger partial charge in [0.2, 0.25) is 0 Å². The first-order chi connectivity index (χ1) is 7.93. The lowest BCUT2D eigenvalue weighted by Gasteiger charge is -2.19. The first-order valence-corrected chi connectivity index (χ1v) is 5.45. The number of methoxy groups -OCH3 is 2. The molecule has 17 heavy (non-hydrogen) atoms. The monoisotopic (exact) mass is 258 g/mol. The molecule has 0 aliphatic heterocycles. The maximum absolute atomic E-state index is 11.1. The van der Waals surface area contributed by atoms with Crippen LogP contribution in [0.3, 0.4) is 0 Å². The number of halogens is 1. The molecule has 1 rings (SSSR count). The molecule has 1 aromatic rings. The predicted octanol–water partition coefficient (Wildman–Crippen LogP) is 2.85. The average Bonchev–Trinajstić information content (AvgIpc) is 2.30. The van der Waals surface area contributed by atoms with Crippen molar-refractivity contribution in [3.05, 3.63) is 22.2 Å². The molecular weight excluding hydrogens is 244 g/mol. The van der Waals surface area contributed by atoms with Crippen molar-refractivity contribution in [1.29, 1.82) is 0 Å². The molecule has 94 valence electrons. The smallest absolute Gasteiger partial charge is 0.310 e. The molecular formula is C12H15ClO4. The molecule has 1 aromatic carbocycles. The average molecular weight is 259 g/mol. The van der Waals surface area contributed by atoms with Crippen molar-refractivity contribution in [2.75, 3.05) is 14.2 Å². The summed E-state index contributed by atoms with van der Waals surface area (Å²) in [6.45, 7) is 3.35. The van der Waals surface area contributed by atoms with Crippen LogP contribution >= 0.6 is 11.6 Å². The van der Waals surface area contributed by atoms with Crippen LogP contribution in [0, 0.1) is 6.92 Å². The van der Waals surface area contributed by atoms with Gasteiger partial charge in [0.05, 0.1) is 20.1 Å². The Balaban J connectivity index is 3.53. The number of carbonyl (C=O) groups is 1. The van der Waals surface area contributed by atoms with Gasteiger partial charge in [-0.05, 0) is 19.4 Å². The number of carboxylic acid groups (broad SMARTS) is 1. The first kappa shape index (κ1) is 13.6. The Hall–Kier alpha value is -1.42. The first-order valence-electron chi connectivity index (χ1n) is 5.07. The number of aliphatic carboxylic acids is 1. The Morgan fingerprint density at radius 2 is 2.00 bits per heavy atom. The van der Waals surface area contributed by atoms with Gasteiger partial charge in [-0.15, -0.1) is 0 Å². The summed E-state index contributed by atoms with van der Waals surface area (Å²) < 4.78 is 10.4. The Morgan fingerprint density at radius 3 is 2.41 bits per heavy atom. The van der Waals surface area contributed by atoms with E-state index in [0.717, 1.165) is 0 Å². The Labute approximate surface area is 105 Å². The molecule has 0 aliphatic carbocycles. The quantitative estimate of drug-likeness (QED) is 0.902. The number of hydrogen-bond donors (Lipinski definition) is 1. The fourth-order valence-corrected chi connectivity index (χ4v) is 1.93. The molecule has 1 N–H and O–H groups in total. The molecule has 0 aromatic heterocycles. The van der Waals surface area contributed by atoms with E-state index in [2.05, 4.69) is 0 Å². The summed E-state index contributed by atoms with van der Waals surface area (Å²) in [6.07, 6.45) is 0. The molecule has 4 nitrogen and oxygen atoms in total. The van der Waals surface area contributed by atoms with Crippen LogP contribution in [0.4, 0.5) is 0 Å². The normalized spacial score (nSPS) is 12.1. The van der Waals surface area contributed by atoms with Gasteiger partial charge >= 0.3 is 5.97 Å². The summed E-state index contributed by atoms with van der Waals surface area (Å²) in [5.74, 6) is -0.788. The zero-order valence-electron chi connectivity index (χ0n) is 10.2. The van der Waals surface area contributed by atoms with Crippen LogP contribution in [-0.2, 0) is 4.79 Å². The number of benzene rings is 1. The van der Waals surface area contributed by atoms with Crippen molar-refractivity contribution in [3.63, 3.8) is 0 Å². The van der Waals surface area contributed by atoms with Gasteiger partial charge in [-0.25, -0.2) is 0 Å². The van der Waals surface area contributed by atoms with Crippen LogP contribution < -0.4 is 9.47 Å². The van der Waals surface area contributed by atoms with Crippen molar-refractivity contribution < 1.29 is 19.4 Å². The van der Waals surface area contributed by atoms with Gasteiger partial charge in [-0.2, -0.15) is 0 Å². The number of carboxylic acids is 1. The van der Waals surface area contributed by atoms with Crippen LogP contribution in [0.5, 0.6) is 11.5 Å². The van der Waals surface area contributed by atoms with Gasteiger partial charge in [0.25, 0.3) is 0 Å². The van der Waals surface area contributed by atoms with E-state index in [1.807, 2.05) is 0 Å². The van der Waals surface area contributed by atoms with E-state index < -0.39 is 11.9 Å². The predicted molar refractivity (Wildman–Crippen MR) is 65.3 cm³/mol. The highest BCUT2D eigenvalue weighted by molar-refractivity contribution is 6.31. The van der Waals surface area contributed by atoms with Crippen molar-refractivity contribution in [2.45, 2.75) is 19.8 Å². The van der Waals surface area contributed by atoms with E-state index in [1.54, 1.807) is 19.9 Å². The standard InChI is InChI=1S/C12H15ClO4/c1-6-8(13)5-9(16-3)11(17-4)10(6)7(2)12(14)15/h5,7H,1-4H3,(H,14,15). The number of hydrogen-bond acceptors (Lipinski definition) is 3. The van der Waals surface area contributed by atoms with Crippen molar-refractivity contribution in [1.82, 2.24) is 0 Å². The second-order valence-corrected chi connectivity index (χ2v) is 4.10. The summed E-state index contributed by atoms with van der Waals surface area (Å²) in [5.41, 5.74) is 1.24. The zero-order chi connectivity index (χ0) is 13.2. The highest BCUT2D eigenvalue weighted by atomic mass is 35.5. The third-order valence-corrected chi connectivity index (χ3v) is 3.11. The maximum atomic E-state index is 11.1. The summed E-state index contributed by atoms with van der Waals surface area (Å²) in [6, 6.07) is 1.62. The minimum Gasteiger partial charge on any atom is -0.493 e. The second-order valence-electron chi connectivity index (χ2n) is 3.69. The lowest BCUT2D eigenvalue weighted by Crippen LogP contribution is -2.11. The molecule has 1 atom stereocenters. The van der Waals surface area contributed by atoms with E-state index in [0.29, 0.717) is 27.6 Å². The highest BCUT2D eigenvalue weighted by Crippen LogP contribution is 2.41. The van der Waals surface area contributed by atoms with Crippen LogP contribution in [0.1, 0.15) is 24.0 Å². The largest absolute Gasteiger partial charge is 0.493 e. The Morgan fingerprint density at radius 1 is 1.41 bits per heavy atom. The van der Waals surface area contributed by atoms with Crippen molar-refractivity contribution in [2.24, 2.45) is 0 Å². The lowest BCUT2D eigenvalue weighted by atomic mass is 9.95. The van der Waals surface area contributed by atoms with E-state index in [9.17, 15) is 4.79 Å². The molecule has 0 bridgehead atoms. The van der Waals surface area contributed by atoms with Crippen LogP contribution in [-0.4, -0.2) is 25.3 Å². The maximum Gasteiger partial charge on any atom is 0.310 e. The van der Waals surface area contributed by atoms with Gasteiger partial charge in [0, 0.05) is 16.7 Å². The summed E-state index contributed by atoms with van der Waals surface area (Å²) in [4.78, 5) is 11.1. The summed E-state index contributed by atoms with van der Waals surface area (Å²) in [5, 5.41) is 9.56. The zero-order valence-corrected chi connectivity index (χ0v) is 11.0. The topological polar surface area (TPSA) is 55.8 Å². The van der Waals surface area contributed by atoms with Crippen molar-refractivity contribution in [3.8, 4) is 11.5 Å². The third kappa shape index (κ3) is 2.47. The van der Waals surface area contributed by atoms with Gasteiger partial charge < -0.3 is 14.6 Å². The van der Waals surface area contributed by atoms with Crippen LogP contribution in [0.25, 0.3) is 0 Å². The van der Waals surface area contributed by atoms with Gasteiger partial charge in [0.1, 0.15) is 0 Å². The van der Waals surface area contributed by atoms with E-state index in [-0.39, 0.29) is 0 Å². The molecule has 5 heteroatoms. The molecule has 0 heterocycles. The van der Waals surface area contributed by atoms with Crippen molar-refractivity contribution >= 4 is 17.6 Å². The Bertz CT molecular complexity index is 443. The summed E-state index contributed by atoms with van der Waals surface area (Å²) in [7, 11) is 2.96. The van der Waals surface area contributed by atoms with E-state index in [4.69, 9.17) is 26.2 Å². The number of rotatable bonds is 4. The Kier molecular flexibility index (Phi) is 4.23. The second kappa shape index (κ2) is 5.27. The fraction of sp³-hybridized carbons (Fsp3) is 0.417. The third-order valence-electron chi connectivity index (χ3n) is 2.72. The van der Waals surface area contributed by atoms with Crippen LogP contribution in [0.2, 0.25) is 5.02 Å². The van der Waals surface area contributed by atoms with Gasteiger partial charge in [0.15, 0.2) is 11.5 Å². The lowest BCUT2D eigenvalue weighted by molar-refractivity contribution is -0.138. The molecule has 0 spiro atoms. The van der Waals surface area contributed by atoms with E-state index >= 15 is 0 Å². The molecule has 1 unspecified atom stereocenters. The molecule has 0 radical (unpaired) electrons. The van der Waals surface area contributed by atoms with E-state index in [1.165, 1.54) is 14.2 Å². The highest BCUT2D eigenvalue weighted by Gasteiger charge is 2.25. The minimum atomic E-state index is -0.935. The molecule has 0 saturated carbocycles. The molecule has 0 amide bonds. The summed E-state index contributed by atoms with van der Waals surface area (Å²) >= 11 is 6.05. The molecule has 0 fully saturated rings.